The highest BCUT2D eigenvalue weighted by atomic mass is 35.5. The minimum Gasteiger partial charge on any atom is -0.372 e. The molecule has 96 valence electrons. The second-order valence-electron chi connectivity index (χ2n) is 4.05. The van der Waals surface area contributed by atoms with Crippen molar-refractivity contribution in [1.29, 1.82) is 0 Å². The fourth-order valence-electron chi connectivity index (χ4n) is 1.70. The molecule has 0 aromatic carbocycles. The maximum absolute atomic E-state index is 11.7. The van der Waals surface area contributed by atoms with Gasteiger partial charge in [-0.15, -0.1) is 12.4 Å². The van der Waals surface area contributed by atoms with Crippen molar-refractivity contribution in [1.82, 2.24) is 10.2 Å². The lowest BCUT2D eigenvalue weighted by Gasteiger charge is -2.33. The van der Waals surface area contributed by atoms with Crippen molar-refractivity contribution in [3.63, 3.8) is 0 Å². The molecule has 0 aliphatic carbocycles. The van der Waals surface area contributed by atoms with Crippen LogP contribution in [0.3, 0.4) is 0 Å². The van der Waals surface area contributed by atoms with Gasteiger partial charge >= 0.3 is 0 Å². The molecule has 0 aromatic heterocycles. The zero-order valence-corrected chi connectivity index (χ0v) is 11.0. The van der Waals surface area contributed by atoms with E-state index in [-0.39, 0.29) is 24.9 Å². The third kappa shape index (κ3) is 5.14. The number of halogens is 1. The summed E-state index contributed by atoms with van der Waals surface area (Å²) >= 11 is 0. The summed E-state index contributed by atoms with van der Waals surface area (Å²) in [6, 6.07) is 0.293. The number of piperazine rings is 1. The Morgan fingerprint density at radius 3 is 2.94 bits per heavy atom. The summed E-state index contributed by atoms with van der Waals surface area (Å²) in [4.78, 5) is 13.7. The molecule has 16 heavy (non-hydrogen) atoms. The second kappa shape index (κ2) is 8.79. The van der Waals surface area contributed by atoms with E-state index >= 15 is 0 Å². The molecule has 1 aliphatic rings. The van der Waals surface area contributed by atoms with Crippen molar-refractivity contribution in [2.45, 2.75) is 32.7 Å². The highest BCUT2D eigenvalue weighted by Crippen LogP contribution is 2.03. The van der Waals surface area contributed by atoms with Gasteiger partial charge in [-0.05, 0) is 13.3 Å². The Morgan fingerprint density at radius 1 is 1.56 bits per heavy atom. The molecule has 1 amide bonds. The van der Waals surface area contributed by atoms with Gasteiger partial charge in [0, 0.05) is 32.3 Å². The molecule has 1 rings (SSSR count). The monoisotopic (exact) mass is 250 g/mol. The van der Waals surface area contributed by atoms with Crippen LogP contribution in [0, 0.1) is 0 Å². The van der Waals surface area contributed by atoms with Gasteiger partial charge in [-0.1, -0.05) is 13.3 Å². The largest absolute Gasteiger partial charge is 0.372 e. The molecule has 4 nitrogen and oxygen atoms in total. The first-order valence-electron chi connectivity index (χ1n) is 5.83. The van der Waals surface area contributed by atoms with E-state index in [2.05, 4.69) is 19.2 Å². The smallest absolute Gasteiger partial charge is 0.248 e. The van der Waals surface area contributed by atoms with E-state index in [0.29, 0.717) is 12.6 Å². The minimum absolute atomic E-state index is 0. The van der Waals surface area contributed by atoms with Crippen molar-refractivity contribution in [2.24, 2.45) is 0 Å². The molecule has 0 saturated carbocycles. The maximum Gasteiger partial charge on any atom is 0.248 e. The molecule has 0 bridgehead atoms. The van der Waals surface area contributed by atoms with Crippen molar-refractivity contribution in [2.75, 3.05) is 32.8 Å². The number of carbonyl (C=O) groups excluding carboxylic acids is 1. The third-order valence-corrected chi connectivity index (χ3v) is 2.69. The fourth-order valence-corrected chi connectivity index (χ4v) is 1.70. The number of unbranched alkanes of at least 4 members (excludes halogenated alkanes) is 1. The number of nitrogens with one attached hydrogen (secondary N) is 1. The van der Waals surface area contributed by atoms with Gasteiger partial charge in [-0.2, -0.15) is 0 Å². The van der Waals surface area contributed by atoms with Crippen LogP contribution in [0.1, 0.15) is 26.7 Å². The summed E-state index contributed by atoms with van der Waals surface area (Å²) in [5.41, 5.74) is 0. The Hall–Kier alpha value is -0.320. The maximum atomic E-state index is 11.7. The van der Waals surface area contributed by atoms with Crippen LogP contribution in [0.2, 0.25) is 0 Å². The molecular formula is C11H23ClN2O2. The topological polar surface area (TPSA) is 41.6 Å². The Morgan fingerprint density at radius 2 is 2.31 bits per heavy atom. The highest BCUT2D eigenvalue weighted by molar-refractivity contribution is 5.85. The van der Waals surface area contributed by atoms with Gasteiger partial charge in [-0.25, -0.2) is 0 Å². The van der Waals surface area contributed by atoms with Crippen LogP contribution in [-0.4, -0.2) is 49.7 Å². The van der Waals surface area contributed by atoms with Gasteiger partial charge in [0.2, 0.25) is 5.91 Å². The highest BCUT2D eigenvalue weighted by Gasteiger charge is 2.22. The Labute approximate surface area is 104 Å². The molecule has 1 heterocycles. The first-order valence-corrected chi connectivity index (χ1v) is 5.83. The molecule has 1 aliphatic heterocycles. The molecular weight excluding hydrogens is 228 g/mol. The fraction of sp³-hybridized carbons (Fsp3) is 0.909. The van der Waals surface area contributed by atoms with E-state index < -0.39 is 0 Å². The van der Waals surface area contributed by atoms with Gasteiger partial charge in [0.25, 0.3) is 0 Å². The van der Waals surface area contributed by atoms with Gasteiger partial charge in [0.05, 0.1) is 0 Å². The zero-order valence-electron chi connectivity index (χ0n) is 10.2. The predicted molar refractivity (Wildman–Crippen MR) is 67.0 cm³/mol. The van der Waals surface area contributed by atoms with E-state index in [1.807, 2.05) is 4.90 Å². The van der Waals surface area contributed by atoms with Gasteiger partial charge < -0.3 is 15.0 Å². The summed E-state index contributed by atoms with van der Waals surface area (Å²) in [6.07, 6.45) is 2.14. The SMILES string of the molecule is CCCCOCC(=O)N1CCNCC1C.Cl. The Kier molecular flexibility index (Phi) is 8.61. The van der Waals surface area contributed by atoms with E-state index in [1.54, 1.807) is 0 Å². The standard InChI is InChI=1S/C11H22N2O2.ClH/c1-3-4-7-15-9-11(14)13-6-5-12-8-10(13)2;/h10,12H,3-9H2,1-2H3;1H. The molecule has 1 fully saturated rings. The Balaban J connectivity index is 0.00000225. The summed E-state index contributed by atoms with van der Waals surface area (Å²) in [6.45, 7) is 7.70. The summed E-state index contributed by atoms with van der Waals surface area (Å²) < 4.78 is 5.33. The van der Waals surface area contributed by atoms with E-state index in [0.717, 1.165) is 32.5 Å². The number of carbonyl (C=O) groups is 1. The average Bonchev–Trinajstić information content (AvgIpc) is 2.25. The first-order chi connectivity index (χ1) is 7.25. The molecule has 0 radical (unpaired) electrons. The lowest BCUT2D eigenvalue weighted by atomic mass is 10.2. The van der Waals surface area contributed by atoms with Crippen LogP contribution < -0.4 is 5.32 Å². The van der Waals surface area contributed by atoms with Crippen LogP contribution in [0.5, 0.6) is 0 Å². The number of amides is 1. The second-order valence-corrected chi connectivity index (χ2v) is 4.05. The summed E-state index contributed by atoms with van der Waals surface area (Å²) in [5.74, 6) is 0.125. The van der Waals surface area contributed by atoms with Crippen LogP contribution in [-0.2, 0) is 9.53 Å². The molecule has 5 heteroatoms. The van der Waals surface area contributed by atoms with Crippen LogP contribution in [0.4, 0.5) is 0 Å². The van der Waals surface area contributed by atoms with Gasteiger partial charge in [0.15, 0.2) is 0 Å². The van der Waals surface area contributed by atoms with Crippen LogP contribution >= 0.6 is 12.4 Å². The Bertz CT molecular complexity index is 202. The number of hydrogen-bond donors (Lipinski definition) is 1. The number of nitrogens with zero attached hydrogens (tertiary/aromatic N) is 1. The van der Waals surface area contributed by atoms with Gasteiger partial charge in [-0.3, -0.25) is 4.79 Å². The molecule has 0 aromatic rings. The third-order valence-electron chi connectivity index (χ3n) is 2.69. The lowest BCUT2D eigenvalue weighted by molar-refractivity contribution is -0.139. The molecule has 1 saturated heterocycles. The molecule has 1 atom stereocenters. The minimum atomic E-state index is 0. The van der Waals surface area contributed by atoms with Crippen molar-refractivity contribution in [3.8, 4) is 0 Å². The number of ether oxygens (including phenoxy) is 1. The summed E-state index contributed by atoms with van der Waals surface area (Å²) in [7, 11) is 0. The lowest BCUT2D eigenvalue weighted by Crippen LogP contribution is -2.53. The quantitative estimate of drug-likeness (QED) is 0.742. The average molecular weight is 251 g/mol. The molecule has 1 unspecified atom stereocenters. The van der Waals surface area contributed by atoms with E-state index in [4.69, 9.17) is 4.74 Å². The predicted octanol–water partition coefficient (Wildman–Crippen LogP) is 1.05. The van der Waals surface area contributed by atoms with Gasteiger partial charge in [0.1, 0.15) is 6.61 Å². The zero-order chi connectivity index (χ0) is 11.1. The van der Waals surface area contributed by atoms with Crippen molar-refractivity contribution in [3.05, 3.63) is 0 Å². The van der Waals surface area contributed by atoms with Crippen LogP contribution in [0.25, 0.3) is 0 Å². The van der Waals surface area contributed by atoms with Crippen molar-refractivity contribution < 1.29 is 9.53 Å². The van der Waals surface area contributed by atoms with Crippen LogP contribution in [0.15, 0.2) is 0 Å². The normalized spacial score (nSPS) is 20.4. The summed E-state index contributed by atoms with van der Waals surface area (Å²) in [5, 5.41) is 3.26. The first kappa shape index (κ1) is 15.7. The molecule has 1 N–H and O–H groups in total. The number of rotatable bonds is 5. The molecule has 0 spiro atoms. The van der Waals surface area contributed by atoms with E-state index in [9.17, 15) is 4.79 Å². The number of hydrogen-bond acceptors (Lipinski definition) is 3. The van der Waals surface area contributed by atoms with Crippen molar-refractivity contribution >= 4 is 18.3 Å². The van der Waals surface area contributed by atoms with E-state index in [1.165, 1.54) is 0 Å².